The maximum absolute atomic E-state index is 9.50. The predicted octanol–water partition coefficient (Wildman–Crippen LogP) is 8.71. The fraction of sp³-hybridized carbons (Fsp3) is 0.333. The van der Waals surface area contributed by atoms with E-state index in [0.717, 1.165) is 0 Å². The van der Waals surface area contributed by atoms with Crippen LogP contribution in [0.15, 0.2) is 72.8 Å². The van der Waals surface area contributed by atoms with Gasteiger partial charge in [0.2, 0.25) is 0 Å². The Balaban J connectivity index is 0.000000733. The van der Waals surface area contributed by atoms with Gasteiger partial charge in [-0.05, 0) is 55.1 Å². The Morgan fingerprint density at radius 3 is 1.36 bits per heavy atom. The molecule has 33 heavy (non-hydrogen) atoms. The quantitative estimate of drug-likeness (QED) is 0.220. The molecule has 5 rings (SSSR count). The first-order chi connectivity index (χ1) is 15.4. The molecule has 0 unspecified atom stereocenters. The molecule has 1 radical (unpaired) electrons. The molecule has 0 spiro atoms. The van der Waals surface area contributed by atoms with E-state index >= 15 is 0 Å². The minimum atomic E-state index is -0.0423. The summed E-state index contributed by atoms with van der Waals surface area (Å²) in [6, 6.07) is 27.2. The number of hydrogen-bond acceptors (Lipinski definition) is 1. The van der Waals surface area contributed by atoms with Crippen LogP contribution in [0.1, 0.15) is 45.7 Å². The Hall–Kier alpha value is -1.22. The van der Waals surface area contributed by atoms with Crippen molar-refractivity contribution in [1.29, 1.82) is 0 Å². The molecule has 0 aliphatic heterocycles. The smallest absolute Gasteiger partial charge is 0.0785 e. The first kappa shape index (κ1) is 28.0. The van der Waals surface area contributed by atoms with Crippen LogP contribution in [0.5, 0.6) is 0 Å². The van der Waals surface area contributed by atoms with Crippen LogP contribution < -0.4 is 0 Å². The molecule has 0 heterocycles. The van der Waals surface area contributed by atoms with E-state index < -0.39 is 0 Å². The van der Waals surface area contributed by atoms with Crippen LogP contribution in [0, 0.1) is 11.3 Å². The van der Waals surface area contributed by atoms with Crippen molar-refractivity contribution in [3.8, 4) is 11.1 Å². The first-order valence-electron chi connectivity index (χ1n) is 11.2. The summed E-state index contributed by atoms with van der Waals surface area (Å²) in [4.78, 5) is 0. The number of benzene rings is 4. The van der Waals surface area contributed by atoms with E-state index in [1.807, 2.05) is 0 Å². The standard InChI is InChI=1S/C28H28.CH3F.CH4S.Y/c1-18(2)28(27(3,4)5)25-21-12-8-6-10-19(21)14-16-23(25)24-17-15-20-11-7-9-13-22(20)26(24)28;2*1-2;/h6-18H,1-5H3;1H3;2H,1H3;/p-1. The Kier molecular flexibility index (Phi) is 9.36. The maximum atomic E-state index is 9.50. The summed E-state index contributed by atoms with van der Waals surface area (Å²) >= 11 is 4.08. The van der Waals surface area contributed by atoms with Crippen LogP contribution in [0.2, 0.25) is 0 Å². The fourth-order valence-electron chi connectivity index (χ4n) is 6.16. The summed E-state index contributed by atoms with van der Waals surface area (Å²) in [6.45, 7) is 12.1. The molecule has 0 nitrogen and oxygen atoms in total. The third-order valence-corrected chi connectivity index (χ3v) is 6.99. The summed E-state index contributed by atoms with van der Waals surface area (Å²) in [5, 5.41) is 5.49. The Morgan fingerprint density at radius 1 is 0.667 bits per heavy atom. The Bertz CT molecular complexity index is 1150. The van der Waals surface area contributed by atoms with Gasteiger partial charge in [0.1, 0.15) is 0 Å². The van der Waals surface area contributed by atoms with Crippen molar-refractivity contribution in [2.75, 3.05) is 13.4 Å². The van der Waals surface area contributed by atoms with Gasteiger partial charge in [-0.3, -0.25) is 4.39 Å². The summed E-state index contributed by atoms with van der Waals surface area (Å²) in [5.74, 6) is 0.476. The average molecular weight is 535 g/mol. The van der Waals surface area contributed by atoms with Gasteiger partial charge in [-0.25, -0.2) is 0 Å². The predicted molar refractivity (Wildman–Crippen MR) is 142 cm³/mol. The van der Waals surface area contributed by atoms with Crippen molar-refractivity contribution in [3.63, 3.8) is 0 Å². The van der Waals surface area contributed by atoms with Gasteiger partial charge >= 0.3 is 0 Å². The van der Waals surface area contributed by atoms with Gasteiger partial charge in [0.05, 0.1) is 7.18 Å². The van der Waals surface area contributed by atoms with E-state index in [0.29, 0.717) is 13.1 Å². The van der Waals surface area contributed by atoms with Gasteiger partial charge in [0.15, 0.2) is 0 Å². The molecular weight excluding hydrogens is 500 g/mol. The Morgan fingerprint density at radius 2 is 1.03 bits per heavy atom. The summed E-state index contributed by atoms with van der Waals surface area (Å²) in [5.41, 5.74) is 5.93. The van der Waals surface area contributed by atoms with Crippen molar-refractivity contribution in [2.45, 2.75) is 40.0 Å². The van der Waals surface area contributed by atoms with E-state index in [1.165, 1.54) is 43.8 Å². The Labute approximate surface area is 229 Å². The van der Waals surface area contributed by atoms with Gasteiger partial charge in [-0.15, -0.1) is 0 Å². The minimum absolute atomic E-state index is 0. The van der Waals surface area contributed by atoms with Gasteiger partial charge in [-0.1, -0.05) is 107 Å². The number of alkyl halides is 1. The van der Waals surface area contributed by atoms with E-state index in [-0.39, 0.29) is 43.5 Å². The second-order valence-electron chi connectivity index (χ2n) is 9.63. The van der Waals surface area contributed by atoms with E-state index in [9.17, 15) is 4.39 Å². The summed E-state index contributed by atoms with van der Waals surface area (Å²) in [6.07, 6.45) is 1.58. The molecular formula is C30H34FSY-. The second-order valence-corrected chi connectivity index (χ2v) is 9.63. The normalized spacial score (nSPS) is 13.3. The molecule has 0 fully saturated rings. The fourth-order valence-corrected chi connectivity index (χ4v) is 6.16. The molecule has 1 aliphatic rings. The molecule has 0 N–H and O–H groups in total. The van der Waals surface area contributed by atoms with Crippen molar-refractivity contribution < 1.29 is 37.1 Å². The van der Waals surface area contributed by atoms with Gasteiger partial charge in [0.25, 0.3) is 0 Å². The van der Waals surface area contributed by atoms with E-state index in [4.69, 9.17) is 0 Å². The zero-order valence-electron chi connectivity index (χ0n) is 20.9. The molecule has 0 saturated carbocycles. The third-order valence-electron chi connectivity index (χ3n) is 6.99. The van der Waals surface area contributed by atoms with Gasteiger partial charge in [0, 0.05) is 38.1 Å². The molecule has 171 valence electrons. The third kappa shape index (κ3) is 4.22. The molecule has 0 saturated heterocycles. The first-order valence-corrected chi connectivity index (χ1v) is 12.0. The largest absolute Gasteiger partial charge is 0.796 e. The number of hydrogen-bond donors (Lipinski definition) is 0. The minimum Gasteiger partial charge on any atom is -0.796 e. The van der Waals surface area contributed by atoms with Crippen molar-refractivity contribution >= 4 is 34.2 Å². The molecule has 3 heteroatoms. The van der Waals surface area contributed by atoms with Crippen molar-refractivity contribution in [2.24, 2.45) is 11.3 Å². The molecule has 0 aromatic heterocycles. The topological polar surface area (TPSA) is 0 Å². The van der Waals surface area contributed by atoms with Crippen LogP contribution in [0.4, 0.5) is 4.39 Å². The number of fused-ring (bicyclic) bond motifs is 7. The molecule has 0 amide bonds. The van der Waals surface area contributed by atoms with Crippen LogP contribution in [-0.2, 0) is 50.8 Å². The van der Waals surface area contributed by atoms with E-state index in [1.54, 1.807) is 6.26 Å². The molecule has 4 aromatic carbocycles. The monoisotopic (exact) mass is 534 g/mol. The average Bonchev–Trinajstić information content (AvgIpc) is 3.14. The zero-order chi connectivity index (χ0) is 23.7. The van der Waals surface area contributed by atoms with Crippen LogP contribution in [0.25, 0.3) is 32.7 Å². The number of halogens is 1. The van der Waals surface area contributed by atoms with E-state index in [2.05, 4.69) is 120 Å². The molecule has 1 aliphatic carbocycles. The molecule has 4 aromatic rings. The molecule has 0 bridgehead atoms. The van der Waals surface area contributed by atoms with Gasteiger partial charge in [-0.2, -0.15) is 6.26 Å². The zero-order valence-corrected chi connectivity index (χ0v) is 24.5. The summed E-state index contributed by atoms with van der Waals surface area (Å²) < 4.78 is 9.50. The SMILES string of the molecule is CC(C)C1(C(C)(C)C)c2c(ccc3ccccc23)-c2ccc3ccccc3c21.CF.C[S-].[Y]. The number of rotatable bonds is 1. The van der Waals surface area contributed by atoms with Crippen LogP contribution in [0.3, 0.4) is 0 Å². The van der Waals surface area contributed by atoms with Crippen molar-refractivity contribution in [1.82, 2.24) is 0 Å². The van der Waals surface area contributed by atoms with Crippen LogP contribution in [-0.4, -0.2) is 13.4 Å². The summed E-state index contributed by atoms with van der Waals surface area (Å²) in [7, 11) is 0.500. The second kappa shape index (κ2) is 11.0. The van der Waals surface area contributed by atoms with Gasteiger partial charge < -0.3 is 12.6 Å². The van der Waals surface area contributed by atoms with Crippen molar-refractivity contribution in [3.05, 3.63) is 83.9 Å². The maximum Gasteiger partial charge on any atom is 0.0785 e. The van der Waals surface area contributed by atoms with Crippen LogP contribution >= 0.6 is 0 Å². The molecule has 0 atom stereocenters.